The van der Waals surface area contributed by atoms with Gasteiger partial charge in [-0.15, -0.1) is 0 Å². The molecule has 0 aliphatic carbocycles. The van der Waals surface area contributed by atoms with Gasteiger partial charge < -0.3 is 9.84 Å². The Bertz CT molecular complexity index is 705. The first-order valence-electron chi connectivity index (χ1n) is 6.83. The van der Waals surface area contributed by atoms with Crippen molar-refractivity contribution < 1.29 is 12.9 Å². The van der Waals surface area contributed by atoms with Gasteiger partial charge in [0.1, 0.15) is 11.5 Å². The Morgan fingerprint density at radius 1 is 1.29 bits per heavy atom. The second-order valence-electron chi connectivity index (χ2n) is 5.34. The van der Waals surface area contributed by atoms with E-state index in [1.54, 1.807) is 13.8 Å². The van der Waals surface area contributed by atoms with E-state index in [4.69, 9.17) is 4.52 Å². The summed E-state index contributed by atoms with van der Waals surface area (Å²) in [6, 6.07) is 9.29. The van der Waals surface area contributed by atoms with Gasteiger partial charge in [-0.3, -0.25) is 0 Å². The molecular formula is C15H20N2O3S. The summed E-state index contributed by atoms with van der Waals surface area (Å²) in [7, 11) is -3.09. The third-order valence-electron chi connectivity index (χ3n) is 3.16. The molecule has 114 valence electrons. The van der Waals surface area contributed by atoms with E-state index >= 15 is 0 Å². The smallest absolute Gasteiger partial charge is 0.156 e. The normalized spacial score (nSPS) is 11.8. The first kappa shape index (κ1) is 15.6. The fraction of sp³-hybridized carbons (Fsp3) is 0.400. The quantitative estimate of drug-likeness (QED) is 0.888. The zero-order valence-corrected chi connectivity index (χ0v) is 13.3. The van der Waals surface area contributed by atoms with Crippen molar-refractivity contribution in [3.05, 3.63) is 47.3 Å². The molecule has 0 radical (unpaired) electrons. The topological polar surface area (TPSA) is 72.2 Å². The van der Waals surface area contributed by atoms with Gasteiger partial charge in [0.25, 0.3) is 0 Å². The summed E-state index contributed by atoms with van der Waals surface area (Å²) in [4.78, 5) is 0. The van der Waals surface area contributed by atoms with Gasteiger partial charge in [0.05, 0.1) is 17.5 Å². The monoisotopic (exact) mass is 308 g/mol. The molecule has 0 spiro atoms. The molecule has 0 aliphatic rings. The molecule has 6 heteroatoms. The van der Waals surface area contributed by atoms with Crippen molar-refractivity contribution in [3.8, 4) is 0 Å². The number of benzene rings is 1. The van der Waals surface area contributed by atoms with Crippen LogP contribution in [0.3, 0.4) is 0 Å². The predicted octanol–water partition coefficient (Wildman–Crippen LogP) is 2.92. The Morgan fingerprint density at radius 2 is 2.05 bits per heavy atom. The molecule has 0 fully saturated rings. The number of nitrogens with zero attached hydrogens (tertiary/aromatic N) is 1. The Balaban J connectivity index is 2.04. The van der Waals surface area contributed by atoms with Gasteiger partial charge in [0, 0.05) is 11.8 Å². The molecule has 0 saturated carbocycles. The standard InChI is InChI=1S/C15H20N2O3S/c1-11(2)21(18,19)10-13-5-4-6-14(8-13)16-9-15-7-12(3)20-17-15/h4-8,11,16H,9-10H2,1-3H3. The third-order valence-corrected chi connectivity index (χ3v) is 5.34. The fourth-order valence-corrected chi connectivity index (χ4v) is 2.84. The molecule has 0 bridgehead atoms. The van der Waals surface area contributed by atoms with E-state index in [2.05, 4.69) is 10.5 Å². The number of hydrogen-bond donors (Lipinski definition) is 1. The van der Waals surface area contributed by atoms with E-state index in [-0.39, 0.29) is 11.0 Å². The Kier molecular flexibility index (Phi) is 4.67. The van der Waals surface area contributed by atoms with Crippen LogP contribution < -0.4 is 5.32 Å². The van der Waals surface area contributed by atoms with Gasteiger partial charge in [0.15, 0.2) is 9.84 Å². The highest BCUT2D eigenvalue weighted by molar-refractivity contribution is 7.91. The highest BCUT2D eigenvalue weighted by Gasteiger charge is 2.16. The number of aryl methyl sites for hydroxylation is 1. The third kappa shape index (κ3) is 4.32. The van der Waals surface area contributed by atoms with Crippen LogP contribution in [0.25, 0.3) is 0 Å². The van der Waals surface area contributed by atoms with Crippen molar-refractivity contribution in [1.82, 2.24) is 5.16 Å². The van der Waals surface area contributed by atoms with E-state index in [9.17, 15) is 8.42 Å². The number of rotatable bonds is 6. The summed E-state index contributed by atoms with van der Waals surface area (Å²) in [6.07, 6.45) is 0. The number of hydrogen-bond acceptors (Lipinski definition) is 5. The second-order valence-corrected chi connectivity index (χ2v) is 7.90. The first-order valence-corrected chi connectivity index (χ1v) is 8.55. The van der Waals surface area contributed by atoms with Crippen LogP contribution in [0.2, 0.25) is 0 Å². The minimum absolute atomic E-state index is 0.0588. The van der Waals surface area contributed by atoms with Gasteiger partial charge in [0.2, 0.25) is 0 Å². The number of aromatic nitrogens is 1. The van der Waals surface area contributed by atoms with Crippen molar-refractivity contribution in [1.29, 1.82) is 0 Å². The molecule has 0 saturated heterocycles. The van der Waals surface area contributed by atoms with E-state index < -0.39 is 9.84 Å². The second kappa shape index (κ2) is 6.30. The maximum absolute atomic E-state index is 12.0. The van der Waals surface area contributed by atoms with Gasteiger partial charge in [-0.1, -0.05) is 17.3 Å². The van der Waals surface area contributed by atoms with Gasteiger partial charge >= 0.3 is 0 Å². The Hall–Kier alpha value is -1.82. The summed E-state index contributed by atoms with van der Waals surface area (Å²) in [5, 5.41) is 6.75. The lowest BCUT2D eigenvalue weighted by Gasteiger charge is -2.10. The highest BCUT2D eigenvalue weighted by atomic mass is 32.2. The van der Waals surface area contributed by atoms with E-state index in [1.165, 1.54) is 0 Å². The summed E-state index contributed by atoms with van der Waals surface area (Å²) in [5.74, 6) is 0.826. The lowest BCUT2D eigenvalue weighted by atomic mass is 10.2. The SMILES string of the molecule is Cc1cc(CNc2cccc(CS(=O)(=O)C(C)C)c2)no1. The van der Waals surface area contributed by atoms with Crippen molar-refractivity contribution in [2.75, 3.05) is 5.32 Å². The average Bonchev–Trinajstić information content (AvgIpc) is 2.82. The molecular weight excluding hydrogens is 288 g/mol. The maximum Gasteiger partial charge on any atom is 0.156 e. The maximum atomic E-state index is 12.0. The van der Waals surface area contributed by atoms with Crippen molar-refractivity contribution >= 4 is 15.5 Å². The van der Waals surface area contributed by atoms with Gasteiger partial charge in [-0.25, -0.2) is 8.42 Å². The van der Waals surface area contributed by atoms with Gasteiger partial charge in [-0.05, 0) is 38.5 Å². The van der Waals surface area contributed by atoms with Crippen LogP contribution in [0.15, 0.2) is 34.9 Å². The molecule has 0 atom stereocenters. The molecule has 1 aromatic heterocycles. The minimum atomic E-state index is -3.09. The highest BCUT2D eigenvalue weighted by Crippen LogP contribution is 2.16. The van der Waals surface area contributed by atoms with Crippen molar-refractivity contribution in [2.45, 2.75) is 38.3 Å². The average molecular weight is 308 g/mol. The molecule has 1 heterocycles. The van der Waals surface area contributed by atoms with Crippen molar-refractivity contribution in [2.24, 2.45) is 0 Å². The Morgan fingerprint density at radius 3 is 2.67 bits per heavy atom. The molecule has 5 nitrogen and oxygen atoms in total. The molecule has 0 amide bonds. The molecule has 21 heavy (non-hydrogen) atoms. The predicted molar refractivity (Wildman–Crippen MR) is 82.8 cm³/mol. The van der Waals surface area contributed by atoms with Crippen LogP contribution in [0, 0.1) is 6.92 Å². The lowest BCUT2D eigenvalue weighted by molar-refractivity contribution is 0.391. The summed E-state index contributed by atoms with van der Waals surface area (Å²) in [5.41, 5.74) is 2.46. The minimum Gasteiger partial charge on any atom is -0.379 e. The van der Waals surface area contributed by atoms with Crippen LogP contribution in [-0.2, 0) is 22.1 Å². The van der Waals surface area contributed by atoms with Gasteiger partial charge in [-0.2, -0.15) is 0 Å². The first-order chi connectivity index (χ1) is 9.87. The summed E-state index contributed by atoms with van der Waals surface area (Å²) >= 11 is 0. The summed E-state index contributed by atoms with van der Waals surface area (Å²) < 4.78 is 28.9. The summed E-state index contributed by atoms with van der Waals surface area (Å²) in [6.45, 7) is 5.78. The molecule has 0 aliphatic heterocycles. The molecule has 2 aromatic rings. The van der Waals surface area contributed by atoms with E-state index in [0.717, 1.165) is 22.7 Å². The molecule has 0 unspecified atom stereocenters. The number of anilines is 1. The number of sulfone groups is 1. The number of nitrogens with one attached hydrogen (secondary N) is 1. The zero-order valence-electron chi connectivity index (χ0n) is 12.5. The fourth-order valence-electron chi connectivity index (χ4n) is 1.86. The van der Waals surface area contributed by atoms with Crippen LogP contribution >= 0.6 is 0 Å². The lowest BCUT2D eigenvalue weighted by Crippen LogP contribution is -2.16. The van der Waals surface area contributed by atoms with Crippen molar-refractivity contribution in [3.63, 3.8) is 0 Å². The Labute approximate surface area is 125 Å². The van der Waals surface area contributed by atoms with Crippen LogP contribution in [0.4, 0.5) is 5.69 Å². The zero-order chi connectivity index (χ0) is 15.5. The van der Waals surface area contributed by atoms with E-state index in [1.807, 2.05) is 37.3 Å². The molecule has 2 rings (SSSR count). The largest absolute Gasteiger partial charge is 0.379 e. The molecule has 1 aromatic carbocycles. The van der Waals surface area contributed by atoms with Crippen LogP contribution in [0.5, 0.6) is 0 Å². The molecule has 1 N–H and O–H groups in total. The van der Waals surface area contributed by atoms with Crippen LogP contribution in [0.1, 0.15) is 30.9 Å². The van der Waals surface area contributed by atoms with Crippen LogP contribution in [-0.4, -0.2) is 18.8 Å². The van der Waals surface area contributed by atoms with E-state index in [0.29, 0.717) is 6.54 Å².